The Morgan fingerprint density at radius 1 is 0.489 bits per heavy atom. The van der Waals surface area contributed by atoms with Crippen molar-refractivity contribution in [2.45, 2.75) is 34.6 Å². The minimum atomic E-state index is 0.655. The topological polar surface area (TPSA) is 33.6 Å². The number of hydrogen-bond donors (Lipinski definition) is 0. The second-order valence-electron chi connectivity index (χ2n) is 12.6. The molecule has 0 radical (unpaired) electrons. The molecule has 0 aliphatic rings. The van der Waals surface area contributed by atoms with Crippen molar-refractivity contribution in [2.75, 3.05) is 0 Å². The minimum absolute atomic E-state index is 0.655. The lowest BCUT2D eigenvalue weighted by molar-refractivity contribution is 1.09. The SMILES string of the molecule is Cc1ccc2c3ccc(C)cc3n(-c3ccc(-c4cccc(C#N)c4)c(-n4c5cc(C)ccc5c5ccc(C)cc54)c3C)c2c1. The Morgan fingerprint density at radius 3 is 1.42 bits per heavy atom. The maximum Gasteiger partial charge on any atom is 0.0991 e. The Morgan fingerprint density at radius 2 is 0.956 bits per heavy atom. The van der Waals surface area contributed by atoms with E-state index in [2.05, 4.69) is 141 Å². The summed E-state index contributed by atoms with van der Waals surface area (Å²) in [6, 6.07) is 41.9. The van der Waals surface area contributed by atoms with Gasteiger partial charge >= 0.3 is 0 Å². The highest BCUT2D eigenvalue weighted by Crippen LogP contribution is 2.42. The molecule has 2 aromatic heterocycles. The number of aryl methyl sites for hydroxylation is 4. The summed E-state index contributed by atoms with van der Waals surface area (Å²) < 4.78 is 4.91. The predicted octanol–water partition coefficient (Wildman–Crippen LogP) is 11.0. The molecule has 0 bridgehead atoms. The fourth-order valence-corrected chi connectivity index (χ4v) is 7.19. The first-order chi connectivity index (χ1) is 21.8. The van der Waals surface area contributed by atoms with Gasteiger partial charge in [-0.25, -0.2) is 0 Å². The van der Waals surface area contributed by atoms with Crippen molar-refractivity contribution in [3.05, 3.63) is 143 Å². The average molecular weight is 580 g/mol. The molecule has 0 N–H and O–H groups in total. The molecular weight excluding hydrogens is 546 g/mol. The first-order valence-electron chi connectivity index (χ1n) is 15.5. The normalized spacial score (nSPS) is 11.6. The van der Waals surface area contributed by atoms with Crippen LogP contribution in [0.4, 0.5) is 0 Å². The summed E-state index contributed by atoms with van der Waals surface area (Å²) in [7, 11) is 0. The van der Waals surface area contributed by atoms with E-state index in [4.69, 9.17) is 0 Å². The minimum Gasteiger partial charge on any atom is -0.309 e. The largest absolute Gasteiger partial charge is 0.309 e. The lowest BCUT2D eigenvalue weighted by atomic mass is 9.97. The number of hydrogen-bond acceptors (Lipinski definition) is 1. The molecule has 0 aliphatic heterocycles. The Kier molecular flexibility index (Phi) is 5.98. The molecule has 6 aromatic carbocycles. The van der Waals surface area contributed by atoms with Gasteiger partial charge in [0.05, 0.1) is 45.1 Å². The summed E-state index contributed by atoms with van der Waals surface area (Å²) in [5.41, 5.74) is 15.9. The Hall–Kier alpha value is -5.59. The smallest absolute Gasteiger partial charge is 0.0991 e. The van der Waals surface area contributed by atoms with Crippen LogP contribution in [0.25, 0.3) is 66.1 Å². The highest BCUT2D eigenvalue weighted by atomic mass is 15.0. The van der Waals surface area contributed by atoms with Crippen LogP contribution in [0.2, 0.25) is 0 Å². The Labute approximate surface area is 263 Å². The van der Waals surface area contributed by atoms with Crippen LogP contribution in [0, 0.1) is 45.9 Å². The Bertz CT molecular complexity index is 2430. The zero-order valence-corrected chi connectivity index (χ0v) is 26.2. The van der Waals surface area contributed by atoms with E-state index in [1.807, 2.05) is 18.2 Å². The lowest BCUT2D eigenvalue weighted by Crippen LogP contribution is -2.06. The number of fused-ring (bicyclic) bond motifs is 6. The van der Waals surface area contributed by atoms with Crippen LogP contribution in [0.1, 0.15) is 33.4 Å². The third-order valence-corrected chi connectivity index (χ3v) is 9.33. The summed E-state index contributed by atoms with van der Waals surface area (Å²) in [6.07, 6.45) is 0. The molecule has 0 amide bonds. The number of nitriles is 1. The van der Waals surface area contributed by atoms with Crippen molar-refractivity contribution in [2.24, 2.45) is 0 Å². The van der Waals surface area contributed by atoms with Crippen LogP contribution >= 0.6 is 0 Å². The molecule has 0 atom stereocenters. The molecule has 8 rings (SSSR count). The van der Waals surface area contributed by atoms with Crippen LogP contribution in [0.3, 0.4) is 0 Å². The fourth-order valence-electron chi connectivity index (χ4n) is 7.19. The molecule has 45 heavy (non-hydrogen) atoms. The number of nitrogens with zero attached hydrogens (tertiary/aromatic N) is 3. The quantitative estimate of drug-likeness (QED) is 0.205. The second kappa shape index (κ2) is 9.97. The van der Waals surface area contributed by atoms with E-state index in [1.54, 1.807) is 0 Å². The van der Waals surface area contributed by atoms with E-state index in [9.17, 15) is 5.26 Å². The van der Waals surface area contributed by atoms with Gasteiger partial charge in [0, 0.05) is 27.1 Å². The fraction of sp³-hybridized carbons (Fsp3) is 0.119. The summed E-state index contributed by atoms with van der Waals surface area (Å²) >= 11 is 0. The zero-order chi connectivity index (χ0) is 31.0. The van der Waals surface area contributed by atoms with Gasteiger partial charge in [0.2, 0.25) is 0 Å². The van der Waals surface area contributed by atoms with Gasteiger partial charge in [-0.05, 0) is 110 Å². The van der Waals surface area contributed by atoms with E-state index >= 15 is 0 Å². The molecule has 8 aromatic rings. The van der Waals surface area contributed by atoms with Crippen molar-refractivity contribution in [1.82, 2.24) is 9.13 Å². The first-order valence-corrected chi connectivity index (χ1v) is 15.5. The van der Waals surface area contributed by atoms with Crippen molar-refractivity contribution in [3.8, 4) is 28.6 Å². The monoisotopic (exact) mass is 579 g/mol. The number of aromatic nitrogens is 2. The Balaban J connectivity index is 1.57. The van der Waals surface area contributed by atoms with Gasteiger partial charge in [0.1, 0.15) is 0 Å². The first kappa shape index (κ1) is 27.0. The summed E-state index contributed by atoms with van der Waals surface area (Å²) in [6.45, 7) is 10.9. The molecule has 0 spiro atoms. The van der Waals surface area contributed by atoms with Gasteiger partial charge in [-0.15, -0.1) is 0 Å². The van der Waals surface area contributed by atoms with Gasteiger partial charge < -0.3 is 9.13 Å². The van der Waals surface area contributed by atoms with Gasteiger partial charge in [-0.3, -0.25) is 0 Å². The predicted molar refractivity (Wildman–Crippen MR) is 189 cm³/mol. The van der Waals surface area contributed by atoms with Gasteiger partial charge in [0.25, 0.3) is 0 Å². The molecule has 3 nitrogen and oxygen atoms in total. The van der Waals surface area contributed by atoms with Crippen molar-refractivity contribution in [3.63, 3.8) is 0 Å². The van der Waals surface area contributed by atoms with Crippen molar-refractivity contribution < 1.29 is 0 Å². The van der Waals surface area contributed by atoms with Crippen molar-refractivity contribution in [1.29, 1.82) is 5.26 Å². The van der Waals surface area contributed by atoms with Crippen LogP contribution in [0.15, 0.2) is 109 Å². The molecular formula is C42H33N3. The summed E-state index contributed by atoms with van der Waals surface area (Å²) in [4.78, 5) is 0. The lowest BCUT2D eigenvalue weighted by Gasteiger charge is -2.21. The zero-order valence-electron chi connectivity index (χ0n) is 26.2. The summed E-state index contributed by atoms with van der Waals surface area (Å²) in [5.74, 6) is 0. The molecule has 0 unspecified atom stereocenters. The van der Waals surface area contributed by atoms with Gasteiger partial charge in [-0.2, -0.15) is 5.26 Å². The van der Waals surface area contributed by atoms with E-state index < -0.39 is 0 Å². The van der Waals surface area contributed by atoms with E-state index in [0.717, 1.165) is 22.5 Å². The maximum absolute atomic E-state index is 9.82. The van der Waals surface area contributed by atoms with Gasteiger partial charge in [0.15, 0.2) is 0 Å². The third-order valence-electron chi connectivity index (χ3n) is 9.33. The molecule has 2 heterocycles. The number of rotatable bonds is 3. The molecule has 0 saturated carbocycles. The van der Waals surface area contributed by atoms with E-state index in [0.29, 0.717) is 5.56 Å². The van der Waals surface area contributed by atoms with E-state index in [1.165, 1.54) is 71.4 Å². The number of benzene rings is 6. The van der Waals surface area contributed by atoms with Crippen LogP contribution < -0.4 is 0 Å². The molecule has 0 saturated heterocycles. The maximum atomic E-state index is 9.82. The second-order valence-corrected chi connectivity index (χ2v) is 12.6. The van der Waals surface area contributed by atoms with Crippen molar-refractivity contribution >= 4 is 43.6 Å². The molecule has 0 fully saturated rings. The molecule has 3 heteroatoms. The standard InChI is InChI=1S/C42H33N3/c1-25-9-13-33-34-14-10-26(2)20-39(34)44(38(33)19-25)37-18-17-32(31-8-6-7-30(23-31)24-43)42(29(37)5)45-40-21-27(3)11-15-35(40)36-16-12-28(4)22-41(36)45/h6-23H,1-5H3. The van der Waals surface area contributed by atoms with E-state index in [-0.39, 0.29) is 0 Å². The molecule has 216 valence electrons. The van der Waals surface area contributed by atoms with Crippen LogP contribution in [-0.2, 0) is 0 Å². The third kappa shape index (κ3) is 4.10. The van der Waals surface area contributed by atoms with Gasteiger partial charge in [-0.1, -0.05) is 66.7 Å². The van der Waals surface area contributed by atoms with Crippen LogP contribution in [-0.4, -0.2) is 9.13 Å². The highest BCUT2D eigenvalue weighted by molar-refractivity contribution is 6.11. The molecule has 0 aliphatic carbocycles. The van der Waals surface area contributed by atoms with Crippen LogP contribution in [0.5, 0.6) is 0 Å². The average Bonchev–Trinajstić information content (AvgIpc) is 3.51. The highest BCUT2D eigenvalue weighted by Gasteiger charge is 2.22. The summed E-state index contributed by atoms with van der Waals surface area (Å²) in [5, 5.41) is 14.8.